The third kappa shape index (κ3) is 1.93. The Morgan fingerprint density at radius 1 is 1.32 bits per heavy atom. The molecule has 2 heterocycles. The van der Waals surface area contributed by atoms with Gasteiger partial charge in [0.15, 0.2) is 5.65 Å². The lowest BCUT2D eigenvalue weighted by molar-refractivity contribution is 0.800. The molecule has 0 aliphatic carbocycles. The van der Waals surface area contributed by atoms with E-state index in [0.717, 1.165) is 10.0 Å². The summed E-state index contributed by atoms with van der Waals surface area (Å²) in [4.78, 5) is 4.27. The fraction of sp³-hybridized carbons (Fsp3) is 0. The molecule has 0 fully saturated rings. The van der Waals surface area contributed by atoms with Gasteiger partial charge in [0.2, 0.25) is 4.77 Å². The molecule has 0 amide bonds. The van der Waals surface area contributed by atoms with E-state index < -0.39 is 0 Å². The van der Waals surface area contributed by atoms with E-state index in [1.807, 2.05) is 24.3 Å². The van der Waals surface area contributed by atoms with Gasteiger partial charge in [-0.3, -0.25) is 0 Å². The van der Waals surface area contributed by atoms with Crippen molar-refractivity contribution in [1.29, 1.82) is 5.26 Å². The number of nitrogens with zero attached hydrogens (tertiary/aromatic N) is 5. The molecule has 0 saturated carbocycles. The number of hydrogen-bond acceptors (Lipinski definition) is 5. The van der Waals surface area contributed by atoms with Gasteiger partial charge >= 0.3 is 0 Å². The van der Waals surface area contributed by atoms with E-state index in [4.69, 9.17) is 12.2 Å². The van der Waals surface area contributed by atoms with Gasteiger partial charge in [-0.2, -0.15) is 15.0 Å². The highest BCUT2D eigenvalue weighted by molar-refractivity contribution is 9.10. The third-order valence-corrected chi connectivity index (χ3v) is 3.39. The second kappa shape index (κ2) is 4.53. The average Bonchev–Trinajstić information content (AvgIpc) is 2.89. The molecular formula is C11H5BrN6S. The standard InChI is InChI=1S/C11H5BrN6S/c12-7-3-1-6(2-4-7)9-8(5-13)10-15-16-17-18(10)11(19)14-9/h1-4H,(H,15,17). The fourth-order valence-electron chi connectivity index (χ4n) is 1.73. The molecule has 2 aromatic heterocycles. The number of halogens is 1. The van der Waals surface area contributed by atoms with Gasteiger partial charge in [-0.25, -0.2) is 4.98 Å². The van der Waals surface area contributed by atoms with Crippen LogP contribution < -0.4 is 0 Å². The zero-order valence-corrected chi connectivity index (χ0v) is 11.7. The normalized spacial score (nSPS) is 10.5. The van der Waals surface area contributed by atoms with E-state index in [-0.39, 0.29) is 4.77 Å². The fourth-order valence-corrected chi connectivity index (χ4v) is 2.21. The Hall–Kier alpha value is -2.11. The van der Waals surface area contributed by atoms with Crippen LogP contribution in [-0.2, 0) is 0 Å². The Balaban J connectivity index is 2.38. The first-order chi connectivity index (χ1) is 9.20. The van der Waals surface area contributed by atoms with Crippen LogP contribution >= 0.6 is 28.1 Å². The molecule has 8 heteroatoms. The van der Waals surface area contributed by atoms with Gasteiger partial charge in [0, 0.05) is 10.0 Å². The Morgan fingerprint density at radius 3 is 2.74 bits per heavy atom. The van der Waals surface area contributed by atoms with Crippen molar-refractivity contribution in [1.82, 2.24) is 25.0 Å². The molecule has 1 aromatic carbocycles. The van der Waals surface area contributed by atoms with Crippen molar-refractivity contribution in [3.05, 3.63) is 39.1 Å². The first kappa shape index (κ1) is 12.0. The number of benzene rings is 1. The van der Waals surface area contributed by atoms with Gasteiger partial charge in [0.05, 0.1) is 5.69 Å². The number of aromatic nitrogens is 5. The van der Waals surface area contributed by atoms with Crippen LogP contribution in [0.1, 0.15) is 5.56 Å². The first-order valence-corrected chi connectivity index (χ1v) is 6.40. The zero-order valence-electron chi connectivity index (χ0n) is 9.33. The van der Waals surface area contributed by atoms with E-state index >= 15 is 0 Å². The minimum Gasteiger partial charge on any atom is -0.217 e. The molecule has 3 aromatic rings. The number of fused-ring (bicyclic) bond motifs is 1. The number of rotatable bonds is 1. The van der Waals surface area contributed by atoms with Crippen LogP contribution in [0.25, 0.3) is 16.9 Å². The molecule has 92 valence electrons. The van der Waals surface area contributed by atoms with Gasteiger partial charge in [0.1, 0.15) is 11.6 Å². The third-order valence-electron chi connectivity index (χ3n) is 2.59. The van der Waals surface area contributed by atoms with Crippen molar-refractivity contribution in [3.63, 3.8) is 0 Å². The van der Waals surface area contributed by atoms with E-state index in [1.165, 1.54) is 4.52 Å². The highest BCUT2D eigenvalue weighted by atomic mass is 79.9. The van der Waals surface area contributed by atoms with E-state index in [1.54, 1.807) is 0 Å². The maximum atomic E-state index is 9.31. The van der Waals surface area contributed by atoms with Crippen molar-refractivity contribution in [2.45, 2.75) is 0 Å². The summed E-state index contributed by atoms with van der Waals surface area (Å²) < 4.78 is 2.62. The van der Waals surface area contributed by atoms with Crippen LogP contribution in [0.2, 0.25) is 0 Å². The molecule has 0 aliphatic rings. The summed E-state index contributed by atoms with van der Waals surface area (Å²) in [7, 11) is 0. The Bertz CT molecular complexity index is 858. The van der Waals surface area contributed by atoms with Gasteiger partial charge in [-0.1, -0.05) is 33.3 Å². The van der Waals surface area contributed by atoms with Crippen molar-refractivity contribution < 1.29 is 0 Å². The molecule has 1 N–H and O–H groups in total. The van der Waals surface area contributed by atoms with Crippen molar-refractivity contribution in [3.8, 4) is 17.3 Å². The lowest BCUT2D eigenvalue weighted by Crippen LogP contribution is -2.00. The number of nitriles is 1. The lowest BCUT2D eigenvalue weighted by atomic mass is 10.1. The Morgan fingerprint density at radius 2 is 2.05 bits per heavy atom. The summed E-state index contributed by atoms with van der Waals surface area (Å²) >= 11 is 8.51. The maximum Gasteiger partial charge on any atom is 0.222 e. The van der Waals surface area contributed by atoms with Crippen LogP contribution in [0.3, 0.4) is 0 Å². The topological polar surface area (TPSA) is 82.7 Å². The highest BCUT2D eigenvalue weighted by Crippen LogP contribution is 2.24. The molecule has 0 saturated heterocycles. The van der Waals surface area contributed by atoms with Crippen LogP contribution in [0, 0.1) is 16.1 Å². The summed E-state index contributed by atoms with van der Waals surface area (Å²) in [6.45, 7) is 0. The molecule has 0 unspecified atom stereocenters. The van der Waals surface area contributed by atoms with E-state index in [2.05, 4.69) is 42.5 Å². The molecule has 3 rings (SSSR count). The summed E-state index contributed by atoms with van der Waals surface area (Å²) in [6.07, 6.45) is 0. The number of H-pyrrole nitrogens is 1. The monoisotopic (exact) mass is 332 g/mol. The average molecular weight is 333 g/mol. The minimum atomic E-state index is 0.275. The van der Waals surface area contributed by atoms with Crippen LogP contribution in [0.5, 0.6) is 0 Å². The molecule has 0 bridgehead atoms. The van der Waals surface area contributed by atoms with Crippen molar-refractivity contribution in [2.24, 2.45) is 0 Å². The molecule has 0 atom stereocenters. The van der Waals surface area contributed by atoms with Gasteiger partial charge in [0.25, 0.3) is 0 Å². The van der Waals surface area contributed by atoms with E-state index in [9.17, 15) is 5.26 Å². The lowest BCUT2D eigenvalue weighted by Gasteiger charge is -2.04. The number of nitrogens with one attached hydrogen (secondary N) is 1. The van der Waals surface area contributed by atoms with Gasteiger partial charge in [-0.05, 0) is 24.4 Å². The second-order valence-electron chi connectivity index (χ2n) is 3.70. The molecular weight excluding hydrogens is 328 g/mol. The summed E-state index contributed by atoms with van der Waals surface area (Å²) in [5, 5.41) is 19.4. The quantitative estimate of drug-likeness (QED) is 0.692. The number of tetrazole rings is 1. The zero-order chi connectivity index (χ0) is 13.4. The van der Waals surface area contributed by atoms with Crippen LogP contribution in [0.4, 0.5) is 0 Å². The van der Waals surface area contributed by atoms with Gasteiger partial charge in [-0.15, -0.1) is 5.10 Å². The van der Waals surface area contributed by atoms with E-state index in [0.29, 0.717) is 16.9 Å². The smallest absolute Gasteiger partial charge is 0.217 e. The predicted molar refractivity (Wildman–Crippen MR) is 73.8 cm³/mol. The number of hydrogen-bond donors (Lipinski definition) is 1. The first-order valence-electron chi connectivity index (χ1n) is 5.20. The molecule has 0 spiro atoms. The maximum absolute atomic E-state index is 9.31. The predicted octanol–water partition coefficient (Wildman–Crippen LogP) is 2.48. The SMILES string of the molecule is N#Cc1c(-c2ccc(Br)cc2)nc(=S)n2[nH]nnc12. The minimum absolute atomic E-state index is 0.275. The molecule has 19 heavy (non-hydrogen) atoms. The highest BCUT2D eigenvalue weighted by Gasteiger charge is 2.14. The van der Waals surface area contributed by atoms with Gasteiger partial charge < -0.3 is 0 Å². The molecule has 6 nitrogen and oxygen atoms in total. The summed E-state index contributed by atoms with van der Waals surface area (Å²) in [5.74, 6) is 0. The number of aromatic amines is 1. The summed E-state index contributed by atoms with van der Waals surface area (Å²) in [6, 6.07) is 9.57. The van der Waals surface area contributed by atoms with Crippen molar-refractivity contribution in [2.75, 3.05) is 0 Å². The molecule has 0 radical (unpaired) electrons. The molecule has 0 aliphatic heterocycles. The van der Waals surface area contributed by atoms with Crippen LogP contribution in [-0.4, -0.2) is 25.0 Å². The van der Waals surface area contributed by atoms with Crippen molar-refractivity contribution >= 4 is 33.8 Å². The van der Waals surface area contributed by atoms with Crippen LogP contribution in [0.15, 0.2) is 28.7 Å². The summed E-state index contributed by atoms with van der Waals surface area (Å²) in [5.41, 5.74) is 2.02. The second-order valence-corrected chi connectivity index (χ2v) is 4.98. The Kier molecular flexibility index (Phi) is 2.85. The Labute approximate surface area is 120 Å². The largest absolute Gasteiger partial charge is 0.222 e.